The maximum Gasteiger partial charge on any atom is 0.239 e. The van der Waals surface area contributed by atoms with Crippen LogP contribution in [0.15, 0.2) is 6.20 Å². The standard InChI is InChI=1S/C11H16ClN5/c12-9-5-14-11(16-13)15-10(9)17(8-3-4-8)6-7-1-2-7/h5,7-8H,1-4,6,13H2,(H,14,15,16). The van der Waals surface area contributed by atoms with Crippen LogP contribution in [0.3, 0.4) is 0 Å². The predicted octanol–water partition coefficient (Wildman–Crippen LogP) is 1.79. The van der Waals surface area contributed by atoms with Gasteiger partial charge >= 0.3 is 0 Å². The van der Waals surface area contributed by atoms with E-state index in [1.165, 1.54) is 25.7 Å². The van der Waals surface area contributed by atoms with Gasteiger partial charge < -0.3 is 4.90 Å². The Labute approximate surface area is 105 Å². The van der Waals surface area contributed by atoms with Crippen LogP contribution in [-0.4, -0.2) is 22.6 Å². The largest absolute Gasteiger partial charge is 0.352 e. The second-order valence-electron chi connectivity index (χ2n) is 4.84. The summed E-state index contributed by atoms with van der Waals surface area (Å²) in [6.45, 7) is 1.06. The molecule has 0 unspecified atom stereocenters. The van der Waals surface area contributed by atoms with Crippen molar-refractivity contribution in [1.82, 2.24) is 9.97 Å². The molecule has 1 aromatic rings. The number of hydrogen-bond acceptors (Lipinski definition) is 5. The van der Waals surface area contributed by atoms with Gasteiger partial charge in [-0.1, -0.05) is 11.6 Å². The third-order valence-corrected chi connectivity index (χ3v) is 3.53. The number of anilines is 2. The second kappa shape index (κ2) is 4.31. The second-order valence-corrected chi connectivity index (χ2v) is 5.24. The van der Waals surface area contributed by atoms with Gasteiger partial charge in [-0.15, -0.1) is 0 Å². The van der Waals surface area contributed by atoms with E-state index in [0.29, 0.717) is 17.0 Å². The van der Waals surface area contributed by atoms with E-state index in [4.69, 9.17) is 17.4 Å². The zero-order valence-electron chi connectivity index (χ0n) is 9.56. The quantitative estimate of drug-likeness (QED) is 0.619. The maximum atomic E-state index is 6.19. The van der Waals surface area contributed by atoms with Crippen molar-refractivity contribution in [2.24, 2.45) is 11.8 Å². The van der Waals surface area contributed by atoms with Crippen molar-refractivity contribution in [3.05, 3.63) is 11.2 Å². The van der Waals surface area contributed by atoms with Crippen LogP contribution >= 0.6 is 11.6 Å². The zero-order valence-corrected chi connectivity index (χ0v) is 10.3. The van der Waals surface area contributed by atoms with Crippen LogP contribution in [0.4, 0.5) is 11.8 Å². The average Bonchev–Trinajstić information content (AvgIpc) is 3.19. The fourth-order valence-corrected chi connectivity index (χ4v) is 2.20. The molecule has 92 valence electrons. The van der Waals surface area contributed by atoms with Crippen molar-refractivity contribution in [2.75, 3.05) is 16.9 Å². The number of nitrogens with one attached hydrogen (secondary N) is 1. The molecule has 2 saturated carbocycles. The van der Waals surface area contributed by atoms with Crippen LogP contribution in [0.5, 0.6) is 0 Å². The molecule has 1 heterocycles. The molecule has 0 spiro atoms. The van der Waals surface area contributed by atoms with Gasteiger partial charge in [0.05, 0.1) is 6.20 Å². The summed E-state index contributed by atoms with van der Waals surface area (Å²) in [6.07, 6.45) is 6.74. The molecule has 0 atom stereocenters. The molecule has 0 radical (unpaired) electrons. The van der Waals surface area contributed by atoms with E-state index in [0.717, 1.165) is 18.3 Å². The highest BCUT2D eigenvalue weighted by Crippen LogP contribution is 2.39. The molecule has 3 rings (SSSR count). The van der Waals surface area contributed by atoms with Crippen molar-refractivity contribution in [3.8, 4) is 0 Å². The minimum absolute atomic E-state index is 0.422. The number of nitrogen functional groups attached to an aromatic ring is 1. The molecule has 6 heteroatoms. The molecule has 5 nitrogen and oxygen atoms in total. The number of hydrazine groups is 1. The number of aromatic nitrogens is 2. The summed E-state index contributed by atoms with van der Waals surface area (Å²) in [4.78, 5) is 10.7. The topological polar surface area (TPSA) is 67.1 Å². The lowest BCUT2D eigenvalue weighted by Crippen LogP contribution is -2.29. The van der Waals surface area contributed by atoms with Crippen LogP contribution < -0.4 is 16.2 Å². The number of rotatable bonds is 5. The Balaban J connectivity index is 1.87. The first kappa shape index (κ1) is 11.0. The summed E-state index contributed by atoms with van der Waals surface area (Å²) in [7, 11) is 0. The highest BCUT2D eigenvalue weighted by atomic mass is 35.5. The monoisotopic (exact) mass is 253 g/mol. The molecule has 1 aromatic heterocycles. The van der Waals surface area contributed by atoms with E-state index >= 15 is 0 Å². The van der Waals surface area contributed by atoms with Crippen LogP contribution in [0, 0.1) is 5.92 Å². The summed E-state index contributed by atoms with van der Waals surface area (Å²) in [5.41, 5.74) is 2.47. The first-order chi connectivity index (χ1) is 8.28. The summed E-state index contributed by atoms with van der Waals surface area (Å²) in [5.74, 6) is 7.40. The Morgan fingerprint density at radius 1 is 1.41 bits per heavy atom. The predicted molar refractivity (Wildman–Crippen MR) is 67.9 cm³/mol. The molecule has 0 aliphatic heterocycles. The van der Waals surface area contributed by atoms with E-state index in [2.05, 4.69) is 20.3 Å². The molecular weight excluding hydrogens is 238 g/mol. The minimum atomic E-state index is 0.422. The molecule has 17 heavy (non-hydrogen) atoms. The highest BCUT2D eigenvalue weighted by Gasteiger charge is 2.35. The fraction of sp³-hybridized carbons (Fsp3) is 0.636. The number of hydrogen-bond donors (Lipinski definition) is 2. The molecular formula is C11H16ClN5. The molecule has 0 bridgehead atoms. The first-order valence-electron chi connectivity index (χ1n) is 6.03. The molecule has 2 aliphatic carbocycles. The van der Waals surface area contributed by atoms with Crippen LogP contribution in [-0.2, 0) is 0 Å². The van der Waals surface area contributed by atoms with Crippen molar-refractivity contribution in [1.29, 1.82) is 0 Å². The molecule has 3 N–H and O–H groups in total. The lowest BCUT2D eigenvalue weighted by Gasteiger charge is -2.24. The highest BCUT2D eigenvalue weighted by molar-refractivity contribution is 6.32. The molecule has 0 amide bonds. The van der Waals surface area contributed by atoms with Crippen LogP contribution in [0.2, 0.25) is 5.02 Å². The van der Waals surface area contributed by atoms with E-state index in [1.54, 1.807) is 6.20 Å². The Kier molecular flexibility index (Phi) is 2.80. The van der Waals surface area contributed by atoms with Crippen molar-refractivity contribution >= 4 is 23.4 Å². The van der Waals surface area contributed by atoms with Gasteiger partial charge in [0.25, 0.3) is 0 Å². The number of nitrogens with two attached hydrogens (primary N) is 1. The third kappa shape index (κ3) is 2.45. The summed E-state index contributed by atoms with van der Waals surface area (Å²) < 4.78 is 0. The maximum absolute atomic E-state index is 6.19. The van der Waals surface area contributed by atoms with Crippen molar-refractivity contribution in [2.45, 2.75) is 31.7 Å². The minimum Gasteiger partial charge on any atom is -0.352 e. The van der Waals surface area contributed by atoms with Crippen LogP contribution in [0.25, 0.3) is 0 Å². The SMILES string of the molecule is NNc1ncc(Cl)c(N(CC2CC2)C2CC2)n1. The summed E-state index contributed by atoms with van der Waals surface area (Å²) in [5, 5.41) is 0.608. The zero-order chi connectivity index (χ0) is 11.8. The lowest BCUT2D eigenvalue weighted by molar-refractivity contribution is 0.708. The summed E-state index contributed by atoms with van der Waals surface area (Å²) in [6, 6.07) is 0.605. The third-order valence-electron chi connectivity index (χ3n) is 3.27. The first-order valence-corrected chi connectivity index (χ1v) is 6.41. The lowest BCUT2D eigenvalue weighted by atomic mass is 10.3. The number of halogens is 1. The average molecular weight is 254 g/mol. The van der Waals surface area contributed by atoms with Gasteiger partial charge in [0.2, 0.25) is 5.95 Å². The molecule has 0 aromatic carbocycles. The van der Waals surface area contributed by atoms with Crippen molar-refractivity contribution in [3.63, 3.8) is 0 Å². The van der Waals surface area contributed by atoms with Crippen molar-refractivity contribution < 1.29 is 0 Å². The van der Waals surface area contributed by atoms with E-state index in [9.17, 15) is 0 Å². The van der Waals surface area contributed by atoms with Gasteiger partial charge in [0.1, 0.15) is 5.02 Å². The van der Waals surface area contributed by atoms with Gasteiger partial charge in [-0.2, -0.15) is 4.98 Å². The summed E-state index contributed by atoms with van der Waals surface area (Å²) >= 11 is 6.19. The normalized spacial score (nSPS) is 19.2. The molecule has 0 saturated heterocycles. The van der Waals surface area contributed by atoms with Gasteiger partial charge in [-0.25, -0.2) is 10.8 Å². The van der Waals surface area contributed by atoms with Gasteiger partial charge in [-0.05, 0) is 31.6 Å². The van der Waals surface area contributed by atoms with Gasteiger partial charge in [0, 0.05) is 12.6 Å². The van der Waals surface area contributed by atoms with E-state index in [1.807, 2.05) is 0 Å². The van der Waals surface area contributed by atoms with E-state index in [-0.39, 0.29) is 0 Å². The Morgan fingerprint density at radius 2 is 2.18 bits per heavy atom. The van der Waals surface area contributed by atoms with Crippen LogP contribution in [0.1, 0.15) is 25.7 Å². The fourth-order valence-electron chi connectivity index (χ4n) is 2.00. The Morgan fingerprint density at radius 3 is 2.76 bits per heavy atom. The Hall–Kier alpha value is -1.07. The Bertz CT molecular complexity index is 416. The van der Waals surface area contributed by atoms with Gasteiger partial charge in [-0.3, -0.25) is 5.43 Å². The number of nitrogens with zero attached hydrogens (tertiary/aromatic N) is 3. The van der Waals surface area contributed by atoms with Gasteiger partial charge in [0.15, 0.2) is 5.82 Å². The van der Waals surface area contributed by atoms with E-state index < -0.39 is 0 Å². The molecule has 2 fully saturated rings. The smallest absolute Gasteiger partial charge is 0.239 e. The molecule has 2 aliphatic rings.